The van der Waals surface area contributed by atoms with Gasteiger partial charge in [-0.3, -0.25) is 4.79 Å². The molecule has 0 radical (unpaired) electrons. The number of hydrogen-bond acceptors (Lipinski definition) is 3. The molecule has 0 N–H and O–H groups in total. The lowest BCUT2D eigenvalue weighted by molar-refractivity contribution is -0.133. The van der Waals surface area contributed by atoms with Crippen LogP contribution in [0.5, 0.6) is 0 Å². The maximum absolute atomic E-state index is 10.7. The molecule has 0 aliphatic heterocycles. The lowest BCUT2D eigenvalue weighted by Crippen LogP contribution is -2.08. The molecule has 1 unspecified atom stereocenters. The van der Waals surface area contributed by atoms with Crippen molar-refractivity contribution < 1.29 is 14.3 Å². The van der Waals surface area contributed by atoms with Gasteiger partial charge in [-0.1, -0.05) is 62.3 Å². The van der Waals surface area contributed by atoms with Crippen molar-refractivity contribution >= 4 is 12.8 Å². The van der Waals surface area contributed by atoms with E-state index in [1.807, 2.05) is 31.2 Å². The predicted octanol–water partition coefficient (Wildman–Crippen LogP) is 4.31. The Labute approximate surface area is 143 Å². The van der Waals surface area contributed by atoms with E-state index in [0.717, 1.165) is 35.0 Å². The Kier molecular flexibility index (Phi) is 8.63. The van der Waals surface area contributed by atoms with E-state index >= 15 is 0 Å². The van der Waals surface area contributed by atoms with Gasteiger partial charge in [0.1, 0.15) is 12.4 Å². The third-order valence-corrected chi connectivity index (χ3v) is 3.47. The van der Waals surface area contributed by atoms with Crippen molar-refractivity contribution in [1.82, 2.24) is 0 Å². The maximum atomic E-state index is 10.7. The number of fused-ring (bicyclic) bond motifs is 1. The Hall–Kier alpha value is -2.86. The van der Waals surface area contributed by atoms with E-state index in [1.165, 1.54) is 0 Å². The Morgan fingerprint density at radius 2 is 1.96 bits per heavy atom. The molecule has 1 atom stereocenters. The molecule has 24 heavy (non-hydrogen) atoms. The van der Waals surface area contributed by atoms with Gasteiger partial charge in [0.2, 0.25) is 0 Å². The van der Waals surface area contributed by atoms with Gasteiger partial charge in [0, 0.05) is 29.5 Å². The minimum absolute atomic E-state index is 0.341. The highest BCUT2D eigenvalue weighted by atomic mass is 16.5. The zero-order valence-corrected chi connectivity index (χ0v) is 14.0. The van der Waals surface area contributed by atoms with E-state index in [1.54, 1.807) is 12.2 Å². The molecule has 0 amide bonds. The molecule has 0 bridgehead atoms. The van der Waals surface area contributed by atoms with Crippen LogP contribution in [0.3, 0.4) is 0 Å². The lowest BCUT2D eigenvalue weighted by atomic mass is 9.92. The second-order valence-corrected chi connectivity index (χ2v) is 5.06. The third-order valence-electron chi connectivity index (χ3n) is 3.47. The molecule has 0 fully saturated rings. The van der Waals surface area contributed by atoms with Gasteiger partial charge in [-0.25, -0.2) is 0 Å². The number of carbonyl (C=O) groups is 2. The van der Waals surface area contributed by atoms with Crippen molar-refractivity contribution in [2.45, 2.75) is 32.3 Å². The average molecular weight is 322 g/mol. The number of unbranched alkanes of at least 4 members (excludes halogenated alkanes) is 1. The minimum Gasteiger partial charge on any atom is -0.459 e. The number of carbonyl (C=O) groups excluding carboxylic acids is 2. The summed E-state index contributed by atoms with van der Waals surface area (Å²) in [7, 11) is 0. The molecule has 0 heterocycles. The Bertz CT molecular complexity index is 687. The molecule has 0 saturated carbocycles. The van der Waals surface area contributed by atoms with Gasteiger partial charge in [-0.2, -0.15) is 0 Å². The van der Waals surface area contributed by atoms with E-state index in [2.05, 4.69) is 25.0 Å². The molecule has 3 nitrogen and oxygen atoms in total. The van der Waals surface area contributed by atoms with E-state index < -0.39 is 0 Å². The smallest absolute Gasteiger partial charge is 0.293 e. The summed E-state index contributed by atoms with van der Waals surface area (Å²) in [6.07, 6.45) is 6.27. The van der Waals surface area contributed by atoms with Gasteiger partial charge >= 0.3 is 0 Å². The van der Waals surface area contributed by atoms with E-state index in [9.17, 15) is 9.59 Å². The van der Waals surface area contributed by atoms with Gasteiger partial charge in [-0.15, -0.1) is 0 Å². The van der Waals surface area contributed by atoms with Crippen molar-refractivity contribution in [1.29, 1.82) is 0 Å². The summed E-state index contributed by atoms with van der Waals surface area (Å²) in [5, 5.41) is 0. The van der Waals surface area contributed by atoms with E-state index in [0.29, 0.717) is 19.3 Å². The van der Waals surface area contributed by atoms with Crippen LogP contribution in [0.1, 0.15) is 43.4 Å². The fourth-order valence-corrected chi connectivity index (χ4v) is 2.21. The molecule has 124 valence electrons. The average Bonchev–Trinajstić information content (AvgIpc) is 2.60. The zero-order chi connectivity index (χ0) is 17.8. The summed E-state index contributed by atoms with van der Waals surface area (Å²) in [6, 6.07) is 7.68. The van der Waals surface area contributed by atoms with Crippen LogP contribution in [-0.4, -0.2) is 12.8 Å². The lowest BCUT2D eigenvalue weighted by Gasteiger charge is -2.19. The molecule has 1 aliphatic rings. The SMILES string of the molecule is C=C/C1=C(\C=C)CC(OC=O)c2ccccc2C#C1.CCCC=O. The van der Waals surface area contributed by atoms with Crippen molar-refractivity contribution in [3.63, 3.8) is 0 Å². The Morgan fingerprint density at radius 1 is 1.21 bits per heavy atom. The summed E-state index contributed by atoms with van der Waals surface area (Å²) in [6.45, 7) is 10.0. The molecule has 0 aromatic heterocycles. The van der Waals surface area contributed by atoms with Gasteiger partial charge in [0.15, 0.2) is 0 Å². The van der Waals surface area contributed by atoms with Gasteiger partial charge in [0.25, 0.3) is 6.47 Å². The number of rotatable bonds is 6. The van der Waals surface area contributed by atoms with Crippen LogP contribution >= 0.6 is 0 Å². The summed E-state index contributed by atoms with van der Waals surface area (Å²) in [5.41, 5.74) is 3.55. The largest absolute Gasteiger partial charge is 0.459 e. The van der Waals surface area contributed by atoms with Crippen LogP contribution in [0.4, 0.5) is 0 Å². The quantitative estimate of drug-likeness (QED) is 0.579. The monoisotopic (exact) mass is 322 g/mol. The highest BCUT2D eigenvalue weighted by Crippen LogP contribution is 2.30. The highest BCUT2D eigenvalue weighted by molar-refractivity contribution is 5.54. The summed E-state index contributed by atoms with van der Waals surface area (Å²) in [4.78, 5) is 20.1. The number of ether oxygens (including phenoxy) is 1. The van der Waals surface area contributed by atoms with Crippen LogP contribution in [-0.2, 0) is 14.3 Å². The first kappa shape index (κ1) is 19.2. The summed E-state index contributed by atoms with van der Waals surface area (Å²) in [5.74, 6) is 6.18. The molecule has 1 aromatic carbocycles. The highest BCUT2D eigenvalue weighted by Gasteiger charge is 2.19. The van der Waals surface area contributed by atoms with E-state index in [4.69, 9.17) is 4.74 Å². The second kappa shape index (κ2) is 10.8. The first-order chi connectivity index (χ1) is 11.7. The van der Waals surface area contributed by atoms with Crippen molar-refractivity contribution in [2.75, 3.05) is 0 Å². The molecular weight excluding hydrogens is 300 g/mol. The van der Waals surface area contributed by atoms with Gasteiger partial charge < -0.3 is 9.53 Å². The van der Waals surface area contributed by atoms with Crippen molar-refractivity contribution in [3.8, 4) is 11.8 Å². The predicted molar refractivity (Wildman–Crippen MR) is 96.2 cm³/mol. The Morgan fingerprint density at radius 3 is 2.50 bits per heavy atom. The van der Waals surface area contributed by atoms with Crippen molar-refractivity contribution in [2.24, 2.45) is 0 Å². The standard InChI is InChI=1S/C17H14O2.C4H8O/c1-3-13-9-10-15-7-5-6-8-16(15)17(19-12-18)11-14(13)4-2;1-2-3-4-5/h3-8,12,17H,1-2,11H2;4H,2-3H2,1H3/b14-13-;. The molecular formula is C21H22O3. The fraction of sp³-hybridized carbons (Fsp3) is 0.238. The first-order valence-corrected chi connectivity index (χ1v) is 7.83. The first-order valence-electron chi connectivity index (χ1n) is 7.83. The molecule has 0 saturated heterocycles. The minimum atomic E-state index is -0.341. The normalized spacial score (nSPS) is 18.1. The van der Waals surface area contributed by atoms with Crippen LogP contribution < -0.4 is 0 Å². The second-order valence-electron chi connectivity index (χ2n) is 5.06. The van der Waals surface area contributed by atoms with Crippen LogP contribution in [0.2, 0.25) is 0 Å². The molecule has 1 aromatic rings. The third kappa shape index (κ3) is 5.40. The molecule has 3 heteroatoms. The number of hydrogen-bond donors (Lipinski definition) is 0. The zero-order valence-electron chi connectivity index (χ0n) is 14.0. The molecule has 1 aliphatic carbocycles. The molecule has 2 rings (SSSR count). The summed E-state index contributed by atoms with van der Waals surface area (Å²) >= 11 is 0. The number of aldehydes is 1. The fourth-order valence-electron chi connectivity index (χ4n) is 2.21. The van der Waals surface area contributed by atoms with Crippen molar-refractivity contribution in [3.05, 3.63) is 71.8 Å². The van der Waals surface area contributed by atoms with E-state index in [-0.39, 0.29) is 6.10 Å². The van der Waals surface area contributed by atoms with Crippen LogP contribution in [0.15, 0.2) is 60.7 Å². The van der Waals surface area contributed by atoms with Gasteiger partial charge in [-0.05, 0) is 18.1 Å². The van der Waals surface area contributed by atoms with Gasteiger partial charge in [0.05, 0.1) is 0 Å². The summed E-state index contributed by atoms with van der Waals surface area (Å²) < 4.78 is 5.21. The Balaban J connectivity index is 0.000000505. The number of benzene rings is 1. The molecule has 0 spiro atoms. The number of allylic oxidation sites excluding steroid dienone is 3. The van der Waals surface area contributed by atoms with Crippen LogP contribution in [0.25, 0.3) is 0 Å². The topological polar surface area (TPSA) is 43.4 Å². The maximum Gasteiger partial charge on any atom is 0.293 e. The van der Waals surface area contributed by atoms with Crippen LogP contribution in [0, 0.1) is 11.8 Å².